The Bertz CT molecular complexity index is 303. The second kappa shape index (κ2) is 5.12. The number of nitrogen functional groups attached to an aromatic ring is 1. The lowest BCUT2D eigenvalue weighted by molar-refractivity contribution is 0.224. The van der Waals surface area contributed by atoms with Gasteiger partial charge < -0.3 is 5.73 Å². The van der Waals surface area contributed by atoms with Gasteiger partial charge in [0.2, 0.25) is 0 Å². The molecule has 0 aliphatic carbocycles. The van der Waals surface area contributed by atoms with Crippen LogP contribution in [0.25, 0.3) is 0 Å². The Labute approximate surface area is 90.9 Å². The minimum absolute atomic E-state index is 0.259. The first-order valence-electron chi connectivity index (χ1n) is 5.32. The molecule has 2 nitrogen and oxygen atoms in total. The molecule has 0 unspecified atom stereocenters. The molecule has 0 saturated carbocycles. The van der Waals surface area contributed by atoms with E-state index in [0.29, 0.717) is 11.7 Å². The van der Waals surface area contributed by atoms with Crippen LogP contribution in [0.1, 0.15) is 26.3 Å². The summed E-state index contributed by atoms with van der Waals surface area (Å²) in [5.41, 5.74) is 7.02. The highest BCUT2D eigenvalue weighted by Gasteiger charge is 2.08. The van der Waals surface area contributed by atoms with Gasteiger partial charge in [-0.25, -0.2) is 4.39 Å². The van der Waals surface area contributed by atoms with Crippen molar-refractivity contribution in [1.29, 1.82) is 0 Å². The third kappa shape index (κ3) is 3.51. The Balaban J connectivity index is 2.79. The Kier molecular flexibility index (Phi) is 4.09. The van der Waals surface area contributed by atoms with Gasteiger partial charge in [-0.1, -0.05) is 6.92 Å². The van der Waals surface area contributed by atoms with Gasteiger partial charge >= 0.3 is 0 Å². The Morgan fingerprint density at radius 3 is 2.47 bits per heavy atom. The Morgan fingerprint density at radius 2 is 2.00 bits per heavy atom. The maximum absolute atomic E-state index is 13.1. The lowest BCUT2D eigenvalue weighted by Gasteiger charge is -2.24. The molecule has 0 aliphatic rings. The number of anilines is 1. The minimum atomic E-state index is -0.259. The summed E-state index contributed by atoms with van der Waals surface area (Å²) in [4.78, 5) is 2.26. The highest BCUT2D eigenvalue weighted by Crippen LogP contribution is 2.14. The van der Waals surface area contributed by atoms with Gasteiger partial charge in [-0.2, -0.15) is 0 Å². The summed E-state index contributed by atoms with van der Waals surface area (Å²) in [5, 5.41) is 0. The number of halogens is 1. The molecule has 0 fully saturated rings. The third-order valence-electron chi connectivity index (χ3n) is 2.50. The highest BCUT2D eigenvalue weighted by molar-refractivity contribution is 5.41. The number of nitrogens with two attached hydrogens (primary N) is 1. The van der Waals surface area contributed by atoms with E-state index in [1.807, 2.05) is 6.07 Å². The number of rotatable bonds is 4. The summed E-state index contributed by atoms with van der Waals surface area (Å²) in [6.45, 7) is 8.06. The molecule has 0 atom stereocenters. The fourth-order valence-electron chi connectivity index (χ4n) is 1.66. The minimum Gasteiger partial charge on any atom is -0.399 e. The molecule has 0 bridgehead atoms. The molecule has 3 heteroatoms. The first-order valence-corrected chi connectivity index (χ1v) is 5.32. The number of nitrogens with zero attached hydrogens (tertiary/aromatic N) is 1. The van der Waals surface area contributed by atoms with Crippen molar-refractivity contribution in [2.24, 2.45) is 0 Å². The van der Waals surface area contributed by atoms with E-state index in [1.165, 1.54) is 6.07 Å². The summed E-state index contributed by atoms with van der Waals surface area (Å²) < 4.78 is 13.1. The molecule has 15 heavy (non-hydrogen) atoms. The molecule has 2 N–H and O–H groups in total. The summed E-state index contributed by atoms with van der Waals surface area (Å²) in [7, 11) is 0. The van der Waals surface area contributed by atoms with E-state index in [-0.39, 0.29) is 5.82 Å². The van der Waals surface area contributed by atoms with Crippen LogP contribution in [-0.2, 0) is 6.54 Å². The summed E-state index contributed by atoms with van der Waals surface area (Å²) in [6.07, 6.45) is 0. The van der Waals surface area contributed by atoms with Crippen molar-refractivity contribution in [2.45, 2.75) is 33.4 Å². The van der Waals surface area contributed by atoms with Crippen LogP contribution in [0.15, 0.2) is 18.2 Å². The van der Waals surface area contributed by atoms with Crippen molar-refractivity contribution in [3.8, 4) is 0 Å². The van der Waals surface area contributed by atoms with E-state index in [4.69, 9.17) is 5.73 Å². The maximum Gasteiger partial charge on any atom is 0.125 e. The summed E-state index contributed by atoms with van der Waals surface area (Å²) in [6, 6.07) is 5.17. The van der Waals surface area contributed by atoms with Crippen molar-refractivity contribution in [1.82, 2.24) is 4.90 Å². The molecule has 1 aromatic rings. The molecule has 1 rings (SSSR count). The van der Waals surface area contributed by atoms with Gasteiger partial charge in [-0.3, -0.25) is 4.90 Å². The van der Waals surface area contributed by atoms with Crippen LogP contribution in [0.5, 0.6) is 0 Å². The van der Waals surface area contributed by atoms with E-state index in [9.17, 15) is 4.39 Å². The third-order valence-corrected chi connectivity index (χ3v) is 2.50. The molecule has 0 spiro atoms. The lowest BCUT2D eigenvalue weighted by Crippen LogP contribution is -2.29. The first-order chi connectivity index (χ1) is 7.02. The van der Waals surface area contributed by atoms with Crippen LogP contribution in [0.3, 0.4) is 0 Å². The second-order valence-corrected chi connectivity index (χ2v) is 4.05. The number of hydrogen-bond donors (Lipinski definition) is 1. The molecule has 0 amide bonds. The zero-order chi connectivity index (χ0) is 11.4. The maximum atomic E-state index is 13.1. The standard InChI is InChI=1S/C12H19FN2/c1-4-15(9(2)3)8-10-5-11(13)7-12(14)6-10/h5-7,9H,4,8,14H2,1-3H3. The molecule has 0 saturated heterocycles. The predicted octanol–water partition coefficient (Wildman–Crippen LogP) is 2.64. The molecule has 0 radical (unpaired) electrons. The first kappa shape index (κ1) is 12.0. The lowest BCUT2D eigenvalue weighted by atomic mass is 10.1. The van der Waals surface area contributed by atoms with Crippen LogP contribution in [-0.4, -0.2) is 17.5 Å². The van der Waals surface area contributed by atoms with Gasteiger partial charge in [0.25, 0.3) is 0 Å². The van der Waals surface area contributed by atoms with Crippen molar-refractivity contribution in [3.05, 3.63) is 29.6 Å². The monoisotopic (exact) mass is 210 g/mol. The van der Waals surface area contributed by atoms with E-state index in [1.54, 1.807) is 6.07 Å². The number of hydrogen-bond acceptors (Lipinski definition) is 2. The normalized spacial score (nSPS) is 11.3. The van der Waals surface area contributed by atoms with Gasteiger partial charge in [0.1, 0.15) is 5.82 Å². The zero-order valence-corrected chi connectivity index (χ0v) is 9.63. The Hall–Kier alpha value is -1.09. The molecule has 0 aromatic heterocycles. The van der Waals surface area contributed by atoms with Gasteiger partial charge in [-0.05, 0) is 44.2 Å². The fraction of sp³-hybridized carbons (Fsp3) is 0.500. The summed E-state index contributed by atoms with van der Waals surface area (Å²) in [5.74, 6) is -0.259. The van der Waals surface area contributed by atoms with Gasteiger partial charge in [0.15, 0.2) is 0 Å². The quantitative estimate of drug-likeness (QED) is 0.774. The van der Waals surface area contributed by atoms with Crippen LogP contribution in [0, 0.1) is 5.82 Å². The Morgan fingerprint density at radius 1 is 1.33 bits per heavy atom. The molecule has 84 valence electrons. The molecule has 0 aliphatic heterocycles. The van der Waals surface area contributed by atoms with E-state index in [2.05, 4.69) is 25.7 Å². The SMILES string of the molecule is CCN(Cc1cc(N)cc(F)c1)C(C)C. The summed E-state index contributed by atoms with van der Waals surface area (Å²) >= 11 is 0. The highest BCUT2D eigenvalue weighted by atomic mass is 19.1. The van der Waals surface area contributed by atoms with Crippen molar-refractivity contribution in [2.75, 3.05) is 12.3 Å². The average molecular weight is 210 g/mol. The van der Waals surface area contributed by atoms with Gasteiger partial charge in [-0.15, -0.1) is 0 Å². The molecule has 0 heterocycles. The van der Waals surface area contributed by atoms with E-state index in [0.717, 1.165) is 18.7 Å². The van der Waals surface area contributed by atoms with Crippen molar-refractivity contribution < 1.29 is 4.39 Å². The molecular weight excluding hydrogens is 191 g/mol. The predicted molar refractivity (Wildman–Crippen MR) is 62.0 cm³/mol. The van der Waals surface area contributed by atoms with Gasteiger partial charge in [0.05, 0.1) is 0 Å². The number of benzene rings is 1. The average Bonchev–Trinajstić information content (AvgIpc) is 2.12. The smallest absolute Gasteiger partial charge is 0.125 e. The van der Waals surface area contributed by atoms with Gasteiger partial charge in [0, 0.05) is 18.3 Å². The zero-order valence-electron chi connectivity index (χ0n) is 9.63. The van der Waals surface area contributed by atoms with Crippen LogP contribution < -0.4 is 5.73 Å². The molecule has 1 aromatic carbocycles. The fourth-order valence-corrected chi connectivity index (χ4v) is 1.66. The van der Waals surface area contributed by atoms with Crippen LogP contribution in [0.2, 0.25) is 0 Å². The van der Waals surface area contributed by atoms with Crippen LogP contribution in [0.4, 0.5) is 10.1 Å². The molecular formula is C12H19FN2. The van der Waals surface area contributed by atoms with Crippen molar-refractivity contribution in [3.63, 3.8) is 0 Å². The largest absolute Gasteiger partial charge is 0.399 e. The van der Waals surface area contributed by atoms with E-state index >= 15 is 0 Å². The second-order valence-electron chi connectivity index (χ2n) is 4.05. The van der Waals surface area contributed by atoms with Crippen LogP contribution >= 0.6 is 0 Å². The van der Waals surface area contributed by atoms with E-state index < -0.39 is 0 Å². The topological polar surface area (TPSA) is 29.3 Å². The van der Waals surface area contributed by atoms with Crippen molar-refractivity contribution >= 4 is 5.69 Å².